The fourth-order valence-corrected chi connectivity index (χ4v) is 2.66. The number of hydrogen-bond donors (Lipinski definition) is 2. The first kappa shape index (κ1) is 13.1. The van der Waals surface area contributed by atoms with Gasteiger partial charge < -0.3 is 11.1 Å². The molecule has 3 heteroatoms. The predicted molar refractivity (Wildman–Crippen MR) is 73.0 cm³/mol. The number of aryl methyl sites for hydroxylation is 1. The highest BCUT2D eigenvalue weighted by molar-refractivity contribution is 5.79. The lowest BCUT2D eigenvalue weighted by atomic mass is 10.0. The number of carbonyl (C=O) groups excluding carboxylic acids is 1. The van der Waals surface area contributed by atoms with E-state index in [0.717, 1.165) is 25.7 Å². The lowest BCUT2D eigenvalue weighted by Crippen LogP contribution is -2.30. The third kappa shape index (κ3) is 3.10. The van der Waals surface area contributed by atoms with Gasteiger partial charge in [-0.1, -0.05) is 31.2 Å². The molecule has 1 amide bonds. The molecule has 1 aromatic carbocycles. The predicted octanol–water partition coefficient (Wildman–Crippen LogP) is 1.99. The zero-order chi connectivity index (χ0) is 13.0. The Balaban J connectivity index is 1.89. The van der Waals surface area contributed by atoms with Crippen LogP contribution in [0.4, 0.5) is 0 Å². The van der Waals surface area contributed by atoms with Crippen molar-refractivity contribution >= 4 is 5.91 Å². The maximum atomic E-state index is 12.0. The highest BCUT2D eigenvalue weighted by Crippen LogP contribution is 2.24. The van der Waals surface area contributed by atoms with E-state index in [-0.39, 0.29) is 17.9 Å². The summed E-state index contributed by atoms with van der Waals surface area (Å²) in [4.78, 5) is 12.0. The maximum absolute atomic E-state index is 12.0. The van der Waals surface area contributed by atoms with Crippen molar-refractivity contribution in [3.63, 3.8) is 0 Å². The molecule has 0 saturated heterocycles. The number of nitrogens with one attached hydrogen (secondary N) is 1. The summed E-state index contributed by atoms with van der Waals surface area (Å²) in [6, 6.07) is 8.47. The van der Waals surface area contributed by atoms with Gasteiger partial charge in [0.25, 0.3) is 0 Å². The molecule has 2 unspecified atom stereocenters. The Labute approximate surface area is 109 Å². The fraction of sp³-hybridized carbons (Fsp3) is 0.533. The smallest absolute Gasteiger partial charge is 0.223 e. The normalized spacial score (nSPS) is 23.0. The minimum Gasteiger partial charge on any atom is -0.352 e. The van der Waals surface area contributed by atoms with E-state index in [1.807, 2.05) is 12.1 Å². The quantitative estimate of drug-likeness (QED) is 0.853. The molecule has 18 heavy (non-hydrogen) atoms. The molecule has 0 heterocycles. The summed E-state index contributed by atoms with van der Waals surface area (Å²) in [6.45, 7) is 2.77. The molecule has 0 spiro atoms. The third-order valence-corrected chi connectivity index (χ3v) is 3.80. The van der Waals surface area contributed by atoms with Gasteiger partial charge in [0.05, 0.1) is 0 Å². The van der Waals surface area contributed by atoms with Crippen molar-refractivity contribution in [3.8, 4) is 0 Å². The molecule has 0 bridgehead atoms. The number of nitrogens with two attached hydrogens (primary N) is 1. The summed E-state index contributed by atoms with van der Waals surface area (Å²) < 4.78 is 0. The van der Waals surface area contributed by atoms with Crippen molar-refractivity contribution in [1.82, 2.24) is 5.32 Å². The molecule has 1 aromatic rings. The van der Waals surface area contributed by atoms with Gasteiger partial charge in [-0.3, -0.25) is 4.79 Å². The zero-order valence-electron chi connectivity index (χ0n) is 11.0. The Kier molecular flexibility index (Phi) is 4.37. The van der Waals surface area contributed by atoms with Crippen LogP contribution in [-0.4, -0.2) is 11.9 Å². The first-order valence-corrected chi connectivity index (χ1v) is 6.80. The molecule has 3 nitrogen and oxygen atoms in total. The second-order valence-corrected chi connectivity index (χ2v) is 5.11. The maximum Gasteiger partial charge on any atom is 0.223 e. The lowest BCUT2D eigenvalue weighted by Gasteiger charge is -2.12. The molecule has 2 rings (SSSR count). The first-order chi connectivity index (χ1) is 8.70. The molecule has 0 aromatic heterocycles. The zero-order valence-corrected chi connectivity index (χ0v) is 11.0. The van der Waals surface area contributed by atoms with E-state index in [9.17, 15) is 4.79 Å². The Morgan fingerprint density at radius 3 is 2.67 bits per heavy atom. The van der Waals surface area contributed by atoms with Gasteiger partial charge in [-0.05, 0) is 36.8 Å². The molecule has 0 radical (unpaired) electrons. The van der Waals surface area contributed by atoms with E-state index in [1.54, 1.807) is 0 Å². The summed E-state index contributed by atoms with van der Waals surface area (Å²) in [6.07, 6.45) is 3.74. The highest BCUT2D eigenvalue weighted by Gasteiger charge is 2.27. The highest BCUT2D eigenvalue weighted by atomic mass is 16.1. The van der Waals surface area contributed by atoms with Crippen molar-refractivity contribution in [1.29, 1.82) is 0 Å². The van der Waals surface area contributed by atoms with E-state index >= 15 is 0 Å². The first-order valence-electron chi connectivity index (χ1n) is 6.80. The van der Waals surface area contributed by atoms with E-state index in [0.29, 0.717) is 6.54 Å². The number of amides is 1. The van der Waals surface area contributed by atoms with Crippen LogP contribution in [0.5, 0.6) is 0 Å². The third-order valence-electron chi connectivity index (χ3n) is 3.80. The second-order valence-electron chi connectivity index (χ2n) is 5.11. The number of rotatable bonds is 4. The lowest BCUT2D eigenvalue weighted by molar-refractivity contribution is -0.125. The second kappa shape index (κ2) is 6.01. The Morgan fingerprint density at radius 1 is 1.33 bits per heavy atom. The van der Waals surface area contributed by atoms with Crippen LogP contribution in [0.25, 0.3) is 0 Å². The minimum atomic E-state index is 0.119. The molecular formula is C15H22N2O. The van der Waals surface area contributed by atoms with E-state index in [2.05, 4.69) is 24.4 Å². The van der Waals surface area contributed by atoms with Crippen LogP contribution in [0.15, 0.2) is 24.3 Å². The molecule has 2 atom stereocenters. The van der Waals surface area contributed by atoms with Gasteiger partial charge in [0.2, 0.25) is 5.91 Å². The van der Waals surface area contributed by atoms with Gasteiger partial charge in [0.1, 0.15) is 0 Å². The van der Waals surface area contributed by atoms with Crippen LogP contribution in [-0.2, 0) is 17.8 Å². The average Bonchev–Trinajstić information content (AvgIpc) is 2.83. The van der Waals surface area contributed by atoms with Gasteiger partial charge in [-0.2, -0.15) is 0 Å². The van der Waals surface area contributed by atoms with Crippen LogP contribution in [0, 0.1) is 5.92 Å². The number of hydrogen-bond acceptors (Lipinski definition) is 2. The summed E-state index contributed by atoms with van der Waals surface area (Å²) in [5.41, 5.74) is 8.36. The molecule has 3 N–H and O–H groups in total. The van der Waals surface area contributed by atoms with Crippen molar-refractivity contribution < 1.29 is 4.79 Å². The van der Waals surface area contributed by atoms with Crippen molar-refractivity contribution in [2.45, 2.75) is 45.2 Å². The topological polar surface area (TPSA) is 55.1 Å². The molecule has 98 valence electrons. The average molecular weight is 246 g/mol. The van der Waals surface area contributed by atoms with Crippen molar-refractivity contribution in [2.75, 3.05) is 0 Å². The van der Waals surface area contributed by atoms with E-state index in [4.69, 9.17) is 5.73 Å². The van der Waals surface area contributed by atoms with Crippen LogP contribution in [0.1, 0.15) is 37.3 Å². The van der Waals surface area contributed by atoms with E-state index < -0.39 is 0 Å². The summed E-state index contributed by atoms with van der Waals surface area (Å²) in [7, 11) is 0. The van der Waals surface area contributed by atoms with Gasteiger partial charge in [-0.25, -0.2) is 0 Å². The SMILES string of the molecule is CCc1ccccc1CNC(=O)C1CCC(N)C1. The summed E-state index contributed by atoms with van der Waals surface area (Å²) >= 11 is 0. The van der Waals surface area contributed by atoms with E-state index in [1.165, 1.54) is 11.1 Å². The fourth-order valence-electron chi connectivity index (χ4n) is 2.66. The summed E-state index contributed by atoms with van der Waals surface area (Å²) in [5.74, 6) is 0.280. The van der Waals surface area contributed by atoms with Crippen LogP contribution < -0.4 is 11.1 Å². The molecule has 1 fully saturated rings. The van der Waals surface area contributed by atoms with Crippen LogP contribution >= 0.6 is 0 Å². The largest absolute Gasteiger partial charge is 0.352 e. The monoisotopic (exact) mass is 246 g/mol. The van der Waals surface area contributed by atoms with Crippen molar-refractivity contribution in [3.05, 3.63) is 35.4 Å². The van der Waals surface area contributed by atoms with Gasteiger partial charge >= 0.3 is 0 Å². The Hall–Kier alpha value is -1.35. The number of carbonyl (C=O) groups is 1. The summed E-state index contributed by atoms with van der Waals surface area (Å²) in [5, 5.41) is 3.04. The minimum absolute atomic E-state index is 0.119. The molecular weight excluding hydrogens is 224 g/mol. The van der Waals surface area contributed by atoms with Crippen molar-refractivity contribution in [2.24, 2.45) is 11.7 Å². The number of benzene rings is 1. The Bertz CT molecular complexity index is 417. The standard InChI is InChI=1S/C15H22N2O/c1-2-11-5-3-4-6-13(11)10-17-15(18)12-7-8-14(16)9-12/h3-6,12,14H,2,7-10,16H2,1H3,(H,17,18). The van der Waals surface area contributed by atoms with Gasteiger partial charge in [0.15, 0.2) is 0 Å². The molecule has 1 aliphatic rings. The molecule has 1 saturated carbocycles. The molecule has 1 aliphatic carbocycles. The van der Waals surface area contributed by atoms with Gasteiger partial charge in [-0.15, -0.1) is 0 Å². The molecule has 0 aliphatic heterocycles. The van der Waals surface area contributed by atoms with Crippen LogP contribution in [0.3, 0.4) is 0 Å². The Morgan fingerprint density at radius 2 is 2.06 bits per heavy atom. The van der Waals surface area contributed by atoms with Gasteiger partial charge in [0, 0.05) is 18.5 Å². The van der Waals surface area contributed by atoms with Crippen LogP contribution in [0.2, 0.25) is 0 Å².